The molecule has 0 saturated heterocycles. The van der Waals surface area contributed by atoms with Crippen LogP contribution in [0.5, 0.6) is 5.75 Å². The van der Waals surface area contributed by atoms with Gasteiger partial charge < -0.3 is 10.1 Å². The Bertz CT molecular complexity index is 426. The van der Waals surface area contributed by atoms with E-state index in [1.807, 2.05) is 18.2 Å². The van der Waals surface area contributed by atoms with Crippen molar-refractivity contribution in [2.75, 3.05) is 19.7 Å². The average Bonchev–Trinajstić information content (AvgIpc) is 2.28. The van der Waals surface area contributed by atoms with Gasteiger partial charge in [-0.05, 0) is 17.7 Å². The molecule has 0 atom stereocenters. The smallest absolute Gasteiger partial charge is 0.127 e. The molecule has 1 N–H and O–H groups in total. The van der Waals surface area contributed by atoms with Gasteiger partial charge in [-0.25, -0.2) is 0 Å². The quantitative estimate of drug-likeness (QED) is 0.915. The molecule has 3 heteroatoms. The molecule has 0 radical (unpaired) electrons. The number of halogens is 1. The van der Waals surface area contributed by atoms with E-state index in [2.05, 4.69) is 40.0 Å². The van der Waals surface area contributed by atoms with Crippen molar-refractivity contribution >= 4 is 22.0 Å². The van der Waals surface area contributed by atoms with Crippen LogP contribution in [-0.4, -0.2) is 19.7 Å². The molecule has 2 rings (SSSR count). The molecule has 0 fully saturated rings. The molecule has 0 unspecified atom stereocenters. The Morgan fingerprint density at radius 1 is 1.44 bits per heavy atom. The molecule has 1 aromatic rings. The molecule has 1 aromatic carbocycles. The lowest BCUT2D eigenvalue weighted by molar-refractivity contribution is 0.343. The van der Waals surface area contributed by atoms with Gasteiger partial charge in [0, 0.05) is 23.1 Å². The summed E-state index contributed by atoms with van der Waals surface area (Å²) in [6.45, 7) is 6.05. The molecule has 0 spiro atoms. The zero-order valence-corrected chi connectivity index (χ0v) is 10.6. The first-order valence-corrected chi connectivity index (χ1v) is 6.00. The summed E-state index contributed by atoms with van der Waals surface area (Å²) in [5, 5.41) is 3.29. The lowest BCUT2D eigenvalue weighted by Crippen LogP contribution is -2.22. The highest BCUT2D eigenvalue weighted by atomic mass is 79.9. The van der Waals surface area contributed by atoms with E-state index in [9.17, 15) is 0 Å². The number of fused-ring (bicyclic) bond motifs is 1. The minimum atomic E-state index is 0.665. The van der Waals surface area contributed by atoms with Gasteiger partial charge in [-0.3, -0.25) is 0 Å². The van der Waals surface area contributed by atoms with Crippen LogP contribution in [0.2, 0.25) is 0 Å². The van der Waals surface area contributed by atoms with E-state index in [0.29, 0.717) is 6.61 Å². The largest absolute Gasteiger partial charge is 0.489 e. The van der Waals surface area contributed by atoms with Crippen LogP contribution in [0.15, 0.2) is 40.9 Å². The number of nitrogens with one attached hydrogen (secondary N) is 1. The number of ether oxygens (including phenoxy) is 1. The van der Waals surface area contributed by atoms with Crippen LogP contribution in [0.4, 0.5) is 0 Å². The van der Waals surface area contributed by atoms with Crippen molar-refractivity contribution in [1.82, 2.24) is 5.32 Å². The highest BCUT2D eigenvalue weighted by Crippen LogP contribution is 2.25. The third kappa shape index (κ3) is 2.97. The predicted octanol–water partition coefficient (Wildman–Crippen LogP) is 2.96. The normalized spacial score (nSPS) is 13.7. The maximum Gasteiger partial charge on any atom is 0.127 e. The van der Waals surface area contributed by atoms with Gasteiger partial charge >= 0.3 is 0 Å². The zero-order valence-electron chi connectivity index (χ0n) is 9.00. The fourth-order valence-electron chi connectivity index (χ4n) is 1.62. The topological polar surface area (TPSA) is 21.3 Å². The lowest BCUT2D eigenvalue weighted by Gasteiger charge is -2.18. The molecule has 1 aliphatic heterocycles. The summed E-state index contributed by atoms with van der Waals surface area (Å²) >= 11 is 3.32. The summed E-state index contributed by atoms with van der Waals surface area (Å²) in [4.78, 5) is 0. The Balaban J connectivity index is 1.98. The van der Waals surface area contributed by atoms with Crippen molar-refractivity contribution in [1.29, 1.82) is 0 Å². The molecular formula is C13H14BrNO. The van der Waals surface area contributed by atoms with Crippen LogP contribution in [0.25, 0.3) is 6.08 Å². The van der Waals surface area contributed by atoms with Crippen LogP contribution in [0, 0.1) is 0 Å². The van der Waals surface area contributed by atoms with Crippen molar-refractivity contribution in [2.24, 2.45) is 0 Å². The summed E-state index contributed by atoms with van der Waals surface area (Å²) in [5.41, 5.74) is 2.41. The van der Waals surface area contributed by atoms with Crippen LogP contribution in [0.3, 0.4) is 0 Å². The predicted molar refractivity (Wildman–Crippen MR) is 70.9 cm³/mol. The molecule has 16 heavy (non-hydrogen) atoms. The molecule has 1 heterocycles. The molecule has 0 amide bonds. The van der Waals surface area contributed by atoms with Gasteiger partial charge in [-0.2, -0.15) is 0 Å². The number of hydrogen-bond donors (Lipinski definition) is 1. The fourth-order valence-corrected chi connectivity index (χ4v) is 1.82. The maximum absolute atomic E-state index is 5.65. The first-order chi connectivity index (χ1) is 7.75. The zero-order chi connectivity index (χ0) is 11.4. The van der Waals surface area contributed by atoms with Gasteiger partial charge in [-0.15, -0.1) is 0 Å². The van der Waals surface area contributed by atoms with E-state index >= 15 is 0 Å². The Morgan fingerprint density at radius 3 is 3.06 bits per heavy atom. The molecule has 0 bridgehead atoms. The van der Waals surface area contributed by atoms with Crippen LogP contribution >= 0.6 is 15.9 Å². The molecule has 84 valence electrons. The lowest BCUT2D eigenvalue weighted by atomic mass is 10.1. The van der Waals surface area contributed by atoms with E-state index < -0.39 is 0 Å². The maximum atomic E-state index is 5.65. The van der Waals surface area contributed by atoms with Gasteiger partial charge in [0.05, 0.1) is 0 Å². The third-order valence-electron chi connectivity index (χ3n) is 2.36. The number of hydrogen-bond acceptors (Lipinski definition) is 2. The second-order valence-electron chi connectivity index (χ2n) is 3.75. The van der Waals surface area contributed by atoms with Crippen LogP contribution < -0.4 is 10.1 Å². The average molecular weight is 280 g/mol. The van der Waals surface area contributed by atoms with Crippen molar-refractivity contribution in [3.63, 3.8) is 0 Å². The van der Waals surface area contributed by atoms with Crippen LogP contribution in [-0.2, 0) is 0 Å². The van der Waals surface area contributed by atoms with Crippen molar-refractivity contribution in [2.45, 2.75) is 0 Å². The number of para-hydroxylation sites is 1. The monoisotopic (exact) mass is 279 g/mol. The Hall–Kier alpha value is -1.06. The molecule has 2 nitrogen and oxygen atoms in total. The number of benzene rings is 1. The number of rotatable bonds is 4. The highest BCUT2D eigenvalue weighted by molar-refractivity contribution is 9.11. The summed E-state index contributed by atoms with van der Waals surface area (Å²) in [6.07, 6.45) is 2.18. The van der Waals surface area contributed by atoms with Crippen molar-refractivity contribution in [3.05, 3.63) is 46.5 Å². The van der Waals surface area contributed by atoms with Crippen LogP contribution in [0.1, 0.15) is 5.56 Å². The summed E-state index contributed by atoms with van der Waals surface area (Å²) in [6, 6.07) is 8.08. The van der Waals surface area contributed by atoms with E-state index in [4.69, 9.17) is 4.74 Å². The van der Waals surface area contributed by atoms with Crippen molar-refractivity contribution < 1.29 is 4.74 Å². The third-order valence-corrected chi connectivity index (χ3v) is 2.64. The van der Waals surface area contributed by atoms with E-state index in [1.54, 1.807) is 0 Å². The van der Waals surface area contributed by atoms with E-state index in [1.165, 1.54) is 5.57 Å². The van der Waals surface area contributed by atoms with Gasteiger partial charge in [0.15, 0.2) is 0 Å². The first kappa shape index (κ1) is 11.4. The van der Waals surface area contributed by atoms with E-state index in [0.717, 1.165) is 28.9 Å². The standard InChI is InChI=1S/C13H14BrNO/c1-10(14)7-15-8-11-6-12-4-2-3-5-13(12)16-9-11/h2-6,15H,1,7-9H2. The Labute approximate surface area is 104 Å². The Morgan fingerprint density at radius 2 is 2.25 bits per heavy atom. The highest BCUT2D eigenvalue weighted by Gasteiger charge is 2.09. The SMILES string of the molecule is C=C(Br)CNCC1=Cc2ccccc2OC1. The minimum absolute atomic E-state index is 0.665. The van der Waals surface area contributed by atoms with Gasteiger partial charge in [0.25, 0.3) is 0 Å². The fraction of sp³-hybridized carbons (Fsp3) is 0.231. The van der Waals surface area contributed by atoms with E-state index in [-0.39, 0.29) is 0 Å². The van der Waals surface area contributed by atoms with Gasteiger partial charge in [0.2, 0.25) is 0 Å². The minimum Gasteiger partial charge on any atom is -0.489 e. The summed E-state index contributed by atoms with van der Waals surface area (Å²) in [5.74, 6) is 0.969. The second kappa shape index (κ2) is 5.32. The molecule has 0 aliphatic carbocycles. The first-order valence-electron chi connectivity index (χ1n) is 5.21. The molecule has 0 saturated carbocycles. The molecule has 1 aliphatic rings. The summed E-state index contributed by atoms with van der Waals surface area (Å²) in [7, 11) is 0. The van der Waals surface area contributed by atoms with Gasteiger partial charge in [-0.1, -0.05) is 40.7 Å². The Kier molecular flexibility index (Phi) is 3.80. The van der Waals surface area contributed by atoms with Crippen molar-refractivity contribution in [3.8, 4) is 5.75 Å². The molecule has 0 aromatic heterocycles. The second-order valence-corrected chi connectivity index (χ2v) is 4.87. The summed E-state index contributed by atoms with van der Waals surface area (Å²) < 4.78 is 6.61. The van der Waals surface area contributed by atoms with Gasteiger partial charge in [0.1, 0.15) is 12.4 Å². The molecular weight excluding hydrogens is 266 g/mol.